The number of nitrogens with one attached hydrogen (secondary N) is 3. The Morgan fingerprint density at radius 1 is 1.14 bits per heavy atom. The molecule has 10 heteroatoms. The molecule has 0 bridgehead atoms. The second-order valence-corrected chi connectivity index (χ2v) is 6.25. The maximum Gasteiger partial charge on any atom is 0.251 e. The van der Waals surface area contributed by atoms with Crippen molar-refractivity contribution in [3.63, 3.8) is 0 Å². The molecule has 1 aromatic heterocycles. The fourth-order valence-electron chi connectivity index (χ4n) is 2.49. The molecular weight excluding hydrogens is 398 g/mol. The number of H-pyrrole nitrogens is 1. The van der Waals surface area contributed by atoms with Crippen LogP contribution in [0.3, 0.4) is 0 Å². The number of anilines is 1. The van der Waals surface area contributed by atoms with E-state index in [-0.39, 0.29) is 12.5 Å². The highest BCUT2D eigenvalue weighted by molar-refractivity contribution is 6.31. The van der Waals surface area contributed by atoms with Gasteiger partial charge in [-0.2, -0.15) is 4.98 Å². The molecule has 0 aliphatic rings. The molecule has 0 saturated carbocycles. The Morgan fingerprint density at radius 3 is 2.69 bits per heavy atom. The highest BCUT2D eigenvalue weighted by atomic mass is 35.5. The predicted molar refractivity (Wildman–Crippen MR) is 107 cm³/mol. The third-order valence-corrected chi connectivity index (χ3v) is 4.13. The number of aromatic nitrogens is 3. The van der Waals surface area contributed by atoms with E-state index < -0.39 is 11.8 Å². The number of halogens is 1. The molecule has 9 nitrogen and oxygen atoms in total. The minimum Gasteiger partial charge on any atom is -0.497 e. The van der Waals surface area contributed by atoms with E-state index >= 15 is 0 Å². The molecule has 0 saturated heterocycles. The van der Waals surface area contributed by atoms with Crippen LogP contribution in [0.15, 0.2) is 42.5 Å². The van der Waals surface area contributed by atoms with Gasteiger partial charge < -0.3 is 14.8 Å². The van der Waals surface area contributed by atoms with Crippen molar-refractivity contribution >= 4 is 29.4 Å². The number of rotatable bonds is 7. The summed E-state index contributed by atoms with van der Waals surface area (Å²) in [5.41, 5.74) is 1.01. The van der Waals surface area contributed by atoms with Crippen molar-refractivity contribution in [3.05, 3.63) is 53.1 Å². The Balaban J connectivity index is 1.61. The Bertz CT molecular complexity index is 1040. The van der Waals surface area contributed by atoms with Gasteiger partial charge in [-0.3, -0.25) is 20.0 Å². The van der Waals surface area contributed by atoms with E-state index in [0.717, 1.165) is 0 Å². The highest BCUT2D eigenvalue weighted by Gasteiger charge is 2.14. The molecular formula is C19H18ClN5O4. The van der Waals surface area contributed by atoms with Gasteiger partial charge in [0.2, 0.25) is 11.9 Å². The van der Waals surface area contributed by atoms with Crippen molar-refractivity contribution in [3.8, 4) is 22.9 Å². The topological polar surface area (TPSA) is 118 Å². The molecule has 0 unspecified atom stereocenters. The molecule has 0 fully saturated rings. The van der Waals surface area contributed by atoms with Crippen molar-refractivity contribution < 1.29 is 19.1 Å². The lowest BCUT2D eigenvalue weighted by molar-refractivity contribution is -0.115. The first-order valence-electron chi connectivity index (χ1n) is 8.48. The van der Waals surface area contributed by atoms with E-state index in [1.165, 1.54) is 13.2 Å². The molecule has 3 N–H and O–H groups in total. The van der Waals surface area contributed by atoms with Crippen LogP contribution in [-0.4, -0.2) is 47.8 Å². The number of amides is 2. The van der Waals surface area contributed by atoms with Gasteiger partial charge >= 0.3 is 0 Å². The summed E-state index contributed by atoms with van der Waals surface area (Å²) < 4.78 is 10.5. The van der Waals surface area contributed by atoms with E-state index in [1.807, 2.05) is 0 Å². The summed E-state index contributed by atoms with van der Waals surface area (Å²) in [7, 11) is 3.08. The molecule has 3 rings (SSSR count). The monoisotopic (exact) mass is 415 g/mol. The summed E-state index contributed by atoms with van der Waals surface area (Å²) in [6.45, 7) is -0.249. The summed E-state index contributed by atoms with van der Waals surface area (Å²) in [4.78, 5) is 28.4. The first kappa shape index (κ1) is 20.2. The summed E-state index contributed by atoms with van der Waals surface area (Å²) >= 11 is 5.86. The third kappa shape index (κ3) is 5.02. The van der Waals surface area contributed by atoms with E-state index in [4.69, 9.17) is 21.1 Å². The van der Waals surface area contributed by atoms with Crippen LogP contribution >= 0.6 is 11.6 Å². The molecule has 0 radical (unpaired) electrons. The number of ether oxygens (including phenoxy) is 2. The molecule has 2 amide bonds. The van der Waals surface area contributed by atoms with Crippen LogP contribution in [0.4, 0.5) is 5.95 Å². The van der Waals surface area contributed by atoms with Gasteiger partial charge in [-0.15, -0.1) is 5.10 Å². The Labute approximate surface area is 171 Å². The maximum absolute atomic E-state index is 12.1. The average molecular weight is 416 g/mol. The molecule has 0 spiro atoms. The van der Waals surface area contributed by atoms with Crippen LogP contribution in [0, 0.1) is 0 Å². The Kier molecular flexibility index (Phi) is 6.30. The summed E-state index contributed by atoms with van der Waals surface area (Å²) in [6, 6.07) is 11.6. The number of benzene rings is 2. The number of methoxy groups -OCH3 is 2. The van der Waals surface area contributed by atoms with Crippen LogP contribution in [0.2, 0.25) is 5.02 Å². The molecule has 2 aromatic carbocycles. The Hall–Kier alpha value is -3.59. The van der Waals surface area contributed by atoms with Gasteiger partial charge in [0.25, 0.3) is 5.91 Å². The number of hydrogen-bond donors (Lipinski definition) is 3. The summed E-state index contributed by atoms with van der Waals surface area (Å²) in [5, 5.41) is 12.2. The lowest BCUT2D eigenvalue weighted by Crippen LogP contribution is -2.33. The SMILES string of the molecule is COc1ccc(-c2nc(NC(=O)CNC(=O)c3cccc(Cl)c3)n[nH]2)c(OC)c1. The molecule has 0 aliphatic heterocycles. The normalized spacial score (nSPS) is 10.3. The fourth-order valence-corrected chi connectivity index (χ4v) is 2.68. The minimum absolute atomic E-state index is 0.0693. The standard InChI is InChI=1S/C19H18ClN5O4/c1-28-13-6-7-14(15(9-13)29-2)17-23-19(25-24-17)22-16(26)10-21-18(27)11-4-3-5-12(20)8-11/h3-9H,10H2,1-2H3,(H,21,27)(H2,22,23,24,25,26). The quantitative estimate of drug-likeness (QED) is 0.545. The van der Waals surface area contributed by atoms with Crippen molar-refractivity contribution in [2.75, 3.05) is 26.1 Å². The zero-order chi connectivity index (χ0) is 20.8. The predicted octanol–water partition coefficient (Wildman–Crippen LogP) is 2.51. The van der Waals surface area contributed by atoms with Gasteiger partial charge in [-0.1, -0.05) is 17.7 Å². The lowest BCUT2D eigenvalue weighted by Gasteiger charge is -2.07. The molecule has 0 atom stereocenters. The van der Waals surface area contributed by atoms with E-state index in [1.54, 1.807) is 43.5 Å². The second-order valence-electron chi connectivity index (χ2n) is 5.82. The van der Waals surface area contributed by atoms with Crippen molar-refractivity contribution in [1.29, 1.82) is 0 Å². The van der Waals surface area contributed by atoms with E-state index in [2.05, 4.69) is 25.8 Å². The fraction of sp³-hybridized carbons (Fsp3) is 0.158. The van der Waals surface area contributed by atoms with E-state index in [0.29, 0.717) is 33.5 Å². The third-order valence-electron chi connectivity index (χ3n) is 3.90. The number of hydrogen-bond acceptors (Lipinski definition) is 6. The van der Waals surface area contributed by atoms with Gasteiger partial charge in [0.1, 0.15) is 11.5 Å². The van der Waals surface area contributed by atoms with Gasteiger partial charge in [-0.05, 0) is 30.3 Å². The maximum atomic E-state index is 12.1. The zero-order valence-electron chi connectivity index (χ0n) is 15.7. The number of aromatic amines is 1. The molecule has 150 valence electrons. The van der Waals surface area contributed by atoms with Crippen LogP contribution in [0.5, 0.6) is 11.5 Å². The van der Waals surface area contributed by atoms with Crippen LogP contribution < -0.4 is 20.1 Å². The molecule has 1 heterocycles. The minimum atomic E-state index is -0.479. The van der Waals surface area contributed by atoms with Gasteiger partial charge in [-0.25, -0.2) is 0 Å². The van der Waals surface area contributed by atoms with Gasteiger partial charge in [0.05, 0.1) is 26.3 Å². The molecule has 3 aromatic rings. The van der Waals surface area contributed by atoms with Crippen molar-refractivity contribution in [2.45, 2.75) is 0 Å². The van der Waals surface area contributed by atoms with Crippen molar-refractivity contribution in [2.24, 2.45) is 0 Å². The van der Waals surface area contributed by atoms with Crippen molar-refractivity contribution in [1.82, 2.24) is 20.5 Å². The number of nitrogens with zero attached hydrogens (tertiary/aromatic N) is 2. The zero-order valence-corrected chi connectivity index (χ0v) is 16.4. The molecule has 0 aliphatic carbocycles. The summed E-state index contributed by atoms with van der Waals surface area (Å²) in [5.74, 6) is 0.748. The molecule has 29 heavy (non-hydrogen) atoms. The van der Waals surface area contributed by atoms with Crippen LogP contribution in [-0.2, 0) is 4.79 Å². The van der Waals surface area contributed by atoms with Gasteiger partial charge in [0.15, 0.2) is 5.82 Å². The van der Waals surface area contributed by atoms with Crippen LogP contribution in [0.25, 0.3) is 11.4 Å². The first-order valence-corrected chi connectivity index (χ1v) is 8.86. The lowest BCUT2D eigenvalue weighted by atomic mass is 10.2. The smallest absolute Gasteiger partial charge is 0.251 e. The highest BCUT2D eigenvalue weighted by Crippen LogP contribution is 2.31. The second kappa shape index (κ2) is 9.07. The largest absolute Gasteiger partial charge is 0.497 e. The first-order chi connectivity index (χ1) is 14.0. The number of carbonyl (C=O) groups is 2. The van der Waals surface area contributed by atoms with Crippen LogP contribution in [0.1, 0.15) is 10.4 Å². The van der Waals surface area contributed by atoms with E-state index in [9.17, 15) is 9.59 Å². The average Bonchev–Trinajstić information content (AvgIpc) is 3.19. The Morgan fingerprint density at radius 2 is 1.97 bits per heavy atom. The van der Waals surface area contributed by atoms with Gasteiger partial charge in [0, 0.05) is 16.7 Å². The number of carbonyl (C=O) groups excluding carboxylic acids is 2. The summed E-state index contributed by atoms with van der Waals surface area (Å²) in [6.07, 6.45) is 0.